The van der Waals surface area contributed by atoms with Gasteiger partial charge in [-0.3, -0.25) is 9.59 Å². The molecule has 0 N–H and O–H groups in total. The molecule has 5 nitrogen and oxygen atoms in total. The number of benzene rings is 1. The number of azide groups is 1. The Morgan fingerprint density at radius 1 is 1.41 bits per heavy atom. The summed E-state index contributed by atoms with van der Waals surface area (Å²) in [5, 5.41) is 2.82. The van der Waals surface area contributed by atoms with E-state index in [9.17, 15) is 14.0 Å². The Bertz CT molecular complexity index is 629. The first-order valence-corrected chi connectivity index (χ1v) is 8.32. The third-order valence-electron chi connectivity index (χ3n) is 3.22. The highest BCUT2D eigenvalue weighted by molar-refractivity contribution is 9.10. The largest absolute Gasteiger partial charge is 0.287 e. The minimum Gasteiger partial charge on any atom is -0.287 e. The molecule has 0 saturated carbocycles. The van der Waals surface area contributed by atoms with Crippen molar-refractivity contribution in [2.45, 2.75) is 38.0 Å². The van der Waals surface area contributed by atoms with Crippen LogP contribution in [-0.2, 0) is 4.79 Å². The summed E-state index contributed by atoms with van der Waals surface area (Å²) in [6.45, 7) is 4.05. The first-order valence-electron chi connectivity index (χ1n) is 6.72. The van der Waals surface area contributed by atoms with Gasteiger partial charge in [-0.2, -0.15) is 0 Å². The molecule has 0 unspecified atom stereocenters. The van der Waals surface area contributed by atoms with E-state index >= 15 is 0 Å². The van der Waals surface area contributed by atoms with E-state index in [1.165, 1.54) is 6.07 Å². The quantitative estimate of drug-likeness (QED) is 0.280. The van der Waals surface area contributed by atoms with E-state index in [0.717, 1.165) is 30.7 Å². The number of hydrogen-bond acceptors (Lipinski definition) is 3. The third kappa shape index (κ3) is 5.12. The summed E-state index contributed by atoms with van der Waals surface area (Å²) in [6.07, 6.45) is 2.24. The first-order chi connectivity index (χ1) is 10.4. The molecule has 0 radical (unpaired) electrons. The highest BCUT2D eigenvalue weighted by Crippen LogP contribution is 2.33. The minimum absolute atomic E-state index is 0.0526. The molecule has 1 amide bonds. The Morgan fingerprint density at radius 3 is 2.59 bits per heavy atom. The minimum atomic E-state index is -1.01. The van der Waals surface area contributed by atoms with Gasteiger partial charge in [0, 0.05) is 20.7 Å². The molecule has 0 aliphatic carbocycles. The van der Waals surface area contributed by atoms with Crippen molar-refractivity contribution in [3.05, 3.63) is 38.4 Å². The van der Waals surface area contributed by atoms with Crippen molar-refractivity contribution in [2.24, 2.45) is 11.0 Å². The summed E-state index contributed by atoms with van der Waals surface area (Å²) in [5.41, 5.74) is 7.91. The van der Waals surface area contributed by atoms with Crippen molar-refractivity contribution < 1.29 is 14.0 Å². The molecule has 22 heavy (non-hydrogen) atoms. The monoisotopic (exact) mass is 387 g/mol. The fourth-order valence-corrected chi connectivity index (χ4v) is 3.30. The molecule has 8 heteroatoms. The molecular weight excluding hydrogens is 373 g/mol. The van der Waals surface area contributed by atoms with Crippen LogP contribution in [0.25, 0.3) is 10.4 Å². The van der Waals surface area contributed by atoms with Gasteiger partial charge < -0.3 is 0 Å². The van der Waals surface area contributed by atoms with Crippen molar-refractivity contribution >= 4 is 38.7 Å². The van der Waals surface area contributed by atoms with Gasteiger partial charge in [-0.15, -0.1) is 0 Å². The van der Waals surface area contributed by atoms with Crippen molar-refractivity contribution in [2.75, 3.05) is 0 Å². The van der Waals surface area contributed by atoms with Crippen LogP contribution in [0.15, 0.2) is 26.6 Å². The zero-order valence-corrected chi connectivity index (χ0v) is 14.6. The normalized spacial score (nSPS) is 10.4. The second-order valence-electron chi connectivity index (χ2n) is 4.62. The zero-order valence-electron chi connectivity index (χ0n) is 12.2. The zero-order chi connectivity index (χ0) is 16.7. The summed E-state index contributed by atoms with van der Waals surface area (Å²) in [7, 11) is 0. The number of rotatable bonds is 6. The molecule has 0 saturated heterocycles. The van der Waals surface area contributed by atoms with Gasteiger partial charge in [0.05, 0.1) is 5.56 Å². The third-order valence-corrected chi connectivity index (χ3v) is 5.09. The molecule has 118 valence electrons. The standard InChI is InChI=1S/C14H15BrFN3O2S/c1-3-8(4-2)5-13(20)22-12-6-9(14(21)18-19-17)11(16)7-10(12)15/h6-8H,3-5H2,1-2H3. The number of carbonyl (C=O) groups excluding carboxylic acids is 2. The predicted octanol–water partition coefficient (Wildman–Crippen LogP) is 5.48. The molecule has 0 bridgehead atoms. The average Bonchev–Trinajstić information content (AvgIpc) is 2.47. The van der Waals surface area contributed by atoms with Crippen LogP contribution in [0.1, 0.15) is 43.5 Å². The van der Waals surface area contributed by atoms with Crippen molar-refractivity contribution in [3.63, 3.8) is 0 Å². The molecular formula is C14H15BrFN3O2S. The predicted molar refractivity (Wildman–Crippen MR) is 87.1 cm³/mol. The summed E-state index contributed by atoms with van der Waals surface area (Å²) in [6, 6.07) is 2.32. The lowest BCUT2D eigenvalue weighted by atomic mass is 10.0. The van der Waals surface area contributed by atoms with E-state index in [1.54, 1.807) is 0 Å². The van der Waals surface area contributed by atoms with Crippen LogP contribution in [0.4, 0.5) is 4.39 Å². The van der Waals surface area contributed by atoms with Gasteiger partial charge in [-0.25, -0.2) is 4.39 Å². The smallest absolute Gasteiger partial charge is 0.252 e. The Morgan fingerprint density at radius 2 is 2.05 bits per heavy atom. The fraction of sp³-hybridized carbons (Fsp3) is 0.429. The first kappa shape index (κ1) is 18.7. The van der Waals surface area contributed by atoms with Crippen molar-refractivity contribution in [1.82, 2.24) is 0 Å². The molecule has 0 atom stereocenters. The molecule has 0 fully saturated rings. The second kappa shape index (κ2) is 8.92. The maximum Gasteiger partial charge on any atom is 0.252 e. The van der Waals surface area contributed by atoms with Crippen LogP contribution in [-0.4, -0.2) is 11.0 Å². The topological polar surface area (TPSA) is 82.9 Å². The van der Waals surface area contributed by atoms with Crippen LogP contribution in [0, 0.1) is 11.7 Å². The van der Waals surface area contributed by atoms with Crippen LogP contribution in [0.5, 0.6) is 0 Å². The van der Waals surface area contributed by atoms with Crippen molar-refractivity contribution in [3.8, 4) is 0 Å². The second-order valence-corrected chi connectivity index (χ2v) is 6.57. The van der Waals surface area contributed by atoms with E-state index in [-0.39, 0.29) is 10.7 Å². The Labute approximate surface area is 140 Å². The highest BCUT2D eigenvalue weighted by atomic mass is 79.9. The van der Waals surface area contributed by atoms with Gasteiger partial charge in [0.1, 0.15) is 5.82 Å². The van der Waals surface area contributed by atoms with E-state index in [0.29, 0.717) is 21.7 Å². The number of hydrogen-bond donors (Lipinski definition) is 0. The van der Waals surface area contributed by atoms with Crippen LogP contribution < -0.4 is 0 Å². The maximum atomic E-state index is 13.7. The fourth-order valence-electron chi connectivity index (χ4n) is 1.84. The number of carbonyl (C=O) groups is 2. The van der Waals surface area contributed by atoms with E-state index in [1.807, 2.05) is 13.8 Å². The summed E-state index contributed by atoms with van der Waals surface area (Å²) in [4.78, 5) is 26.4. The Hall–Kier alpha value is -1.37. The average molecular weight is 388 g/mol. The van der Waals surface area contributed by atoms with Gasteiger partial charge in [-0.05, 0) is 44.6 Å². The SMILES string of the molecule is CCC(CC)CC(=O)Sc1cc(C(=O)N=[N+]=[N-])c(F)cc1Br. The molecule has 0 heterocycles. The van der Waals surface area contributed by atoms with Gasteiger partial charge in [-0.1, -0.05) is 38.5 Å². The molecule has 0 aromatic heterocycles. The molecule has 1 rings (SSSR count). The summed E-state index contributed by atoms with van der Waals surface area (Å²) < 4.78 is 14.1. The van der Waals surface area contributed by atoms with E-state index in [2.05, 4.69) is 26.0 Å². The Balaban J connectivity index is 3.00. The lowest BCUT2D eigenvalue weighted by molar-refractivity contribution is -0.111. The van der Waals surface area contributed by atoms with Crippen LogP contribution in [0.2, 0.25) is 0 Å². The van der Waals surface area contributed by atoms with E-state index < -0.39 is 11.7 Å². The van der Waals surface area contributed by atoms with Gasteiger partial charge in [0.2, 0.25) is 0 Å². The van der Waals surface area contributed by atoms with Gasteiger partial charge in [0.25, 0.3) is 5.91 Å². The molecule has 0 aliphatic heterocycles. The summed E-state index contributed by atoms with van der Waals surface area (Å²) >= 11 is 4.12. The van der Waals surface area contributed by atoms with Crippen LogP contribution >= 0.6 is 27.7 Å². The number of nitrogens with zero attached hydrogens (tertiary/aromatic N) is 3. The lowest BCUT2D eigenvalue weighted by Crippen LogP contribution is -2.04. The summed E-state index contributed by atoms with van der Waals surface area (Å²) in [5.74, 6) is -1.51. The van der Waals surface area contributed by atoms with Crippen LogP contribution in [0.3, 0.4) is 0 Å². The molecule has 0 spiro atoms. The lowest BCUT2D eigenvalue weighted by Gasteiger charge is -2.11. The molecule has 0 aliphatic rings. The Kier molecular flexibility index (Phi) is 7.58. The van der Waals surface area contributed by atoms with E-state index in [4.69, 9.17) is 5.53 Å². The van der Waals surface area contributed by atoms with Crippen molar-refractivity contribution in [1.29, 1.82) is 0 Å². The van der Waals surface area contributed by atoms with Gasteiger partial charge in [0.15, 0.2) is 5.12 Å². The molecule has 1 aromatic carbocycles. The maximum absolute atomic E-state index is 13.7. The number of amides is 1. The highest BCUT2D eigenvalue weighted by Gasteiger charge is 2.18. The number of halogens is 2. The van der Waals surface area contributed by atoms with Gasteiger partial charge >= 0.3 is 0 Å². The number of thioether (sulfide) groups is 1. The molecule has 1 aromatic rings.